The Morgan fingerprint density at radius 3 is 2.42 bits per heavy atom. The number of carbonyl (C=O) groups excluding carboxylic acids is 2. The Morgan fingerprint density at radius 1 is 1.06 bits per heavy atom. The summed E-state index contributed by atoms with van der Waals surface area (Å²) in [5.74, 6) is 1.81. The van der Waals surface area contributed by atoms with Gasteiger partial charge in [-0.3, -0.25) is 9.59 Å². The van der Waals surface area contributed by atoms with Crippen molar-refractivity contribution in [2.24, 2.45) is 33.5 Å². The predicted molar refractivity (Wildman–Crippen MR) is 121 cm³/mol. The quantitative estimate of drug-likeness (QED) is 0.628. The van der Waals surface area contributed by atoms with E-state index >= 15 is 0 Å². The molecule has 33 heavy (non-hydrogen) atoms. The number of carbonyl (C=O) groups is 2. The third-order valence-electron chi connectivity index (χ3n) is 8.64. The molecule has 0 aromatic heterocycles. The summed E-state index contributed by atoms with van der Waals surface area (Å²) in [4.78, 5) is 28.2. The van der Waals surface area contributed by atoms with Gasteiger partial charge in [-0.2, -0.15) is 8.42 Å². The summed E-state index contributed by atoms with van der Waals surface area (Å²) in [5.41, 5.74) is 0.327. The van der Waals surface area contributed by atoms with Crippen molar-refractivity contribution < 1.29 is 22.7 Å². The molecule has 0 radical (unpaired) electrons. The number of piperidine rings is 1. The van der Waals surface area contributed by atoms with E-state index in [-0.39, 0.29) is 34.6 Å². The number of nitrogens with zero attached hydrogens (tertiary/aromatic N) is 2. The van der Waals surface area contributed by atoms with Crippen LogP contribution >= 0.6 is 0 Å². The Labute approximate surface area is 194 Å². The summed E-state index contributed by atoms with van der Waals surface area (Å²) in [5, 5.41) is 0. The second kappa shape index (κ2) is 7.65. The van der Waals surface area contributed by atoms with Crippen LogP contribution in [-0.2, 0) is 24.3 Å². The third kappa shape index (κ3) is 3.61. The van der Waals surface area contributed by atoms with Gasteiger partial charge in [-0.05, 0) is 81.3 Å². The molecule has 2 heterocycles. The molecule has 8 heteroatoms. The van der Waals surface area contributed by atoms with Gasteiger partial charge in [0.2, 0.25) is 0 Å². The third-order valence-corrected chi connectivity index (χ3v) is 9.97. The number of benzene rings is 1. The monoisotopic (exact) mass is 470 g/mol. The van der Waals surface area contributed by atoms with Gasteiger partial charge in [0.1, 0.15) is 4.90 Å². The Morgan fingerprint density at radius 2 is 1.73 bits per heavy atom. The van der Waals surface area contributed by atoms with E-state index in [4.69, 9.17) is 4.74 Å². The summed E-state index contributed by atoms with van der Waals surface area (Å²) in [7, 11) is -3.70. The van der Waals surface area contributed by atoms with Crippen LogP contribution in [0.2, 0.25) is 0 Å². The topological polar surface area (TPSA) is 93.1 Å². The fraction of sp³-hybridized carbons (Fsp3) is 0.640. The van der Waals surface area contributed by atoms with Gasteiger partial charge in [-0.15, -0.1) is 4.40 Å². The Kier molecular flexibility index (Phi) is 4.94. The number of likely N-dealkylation sites (tertiary alicyclic amines) is 1. The van der Waals surface area contributed by atoms with Gasteiger partial charge in [0.25, 0.3) is 10.0 Å². The lowest BCUT2D eigenvalue weighted by Gasteiger charge is -2.55. The molecule has 6 aliphatic rings. The lowest BCUT2D eigenvalue weighted by molar-refractivity contribution is -0.161. The van der Waals surface area contributed by atoms with Crippen LogP contribution in [0.1, 0.15) is 56.9 Å². The summed E-state index contributed by atoms with van der Waals surface area (Å²) in [6.45, 7) is 0.866. The van der Waals surface area contributed by atoms with Crippen molar-refractivity contribution in [3.05, 3.63) is 29.8 Å². The number of hydrogen-bond acceptors (Lipinski definition) is 6. The molecule has 7 nitrogen and oxygen atoms in total. The first-order valence-corrected chi connectivity index (χ1v) is 13.7. The number of hydrogen-bond donors (Lipinski definition) is 0. The number of ether oxygens (including phenoxy) is 1. The number of fused-ring (bicyclic) bond motifs is 1. The molecule has 0 amide bonds. The SMILES string of the molecule is O=C(OCC(=O)C12CC3CC(CC(C3)C1)C2)[C@H]1CCCN(C2=NS(=O)(=O)c3ccccc32)C1. The maximum absolute atomic E-state index is 13.2. The molecule has 0 N–H and O–H groups in total. The maximum atomic E-state index is 13.2. The summed E-state index contributed by atoms with van der Waals surface area (Å²) >= 11 is 0. The molecule has 4 saturated carbocycles. The number of esters is 1. The fourth-order valence-corrected chi connectivity index (χ4v) is 8.77. The molecule has 4 bridgehead atoms. The highest BCUT2D eigenvalue weighted by Gasteiger charge is 2.54. The molecule has 1 atom stereocenters. The minimum absolute atomic E-state index is 0.114. The number of Topliss-reactive ketones (excluding diaryl/α,β-unsaturated/α-hetero) is 1. The normalized spacial score (nSPS) is 35.8. The lowest BCUT2D eigenvalue weighted by Crippen LogP contribution is -2.51. The second-order valence-corrected chi connectivity index (χ2v) is 12.5. The van der Waals surface area contributed by atoms with Gasteiger partial charge < -0.3 is 9.64 Å². The van der Waals surface area contributed by atoms with Crippen LogP contribution in [0.15, 0.2) is 33.6 Å². The largest absolute Gasteiger partial charge is 0.457 e. The molecule has 7 rings (SSSR count). The first-order valence-electron chi connectivity index (χ1n) is 12.2. The average molecular weight is 471 g/mol. The van der Waals surface area contributed by atoms with E-state index in [1.165, 1.54) is 19.3 Å². The van der Waals surface area contributed by atoms with E-state index in [2.05, 4.69) is 4.40 Å². The summed E-state index contributed by atoms with van der Waals surface area (Å²) < 4.78 is 34.4. The Balaban J connectivity index is 1.11. The Bertz CT molecular complexity index is 1110. The molecule has 0 spiro atoms. The minimum atomic E-state index is -3.70. The number of amidine groups is 1. The van der Waals surface area contributed by atoms with Gasteiger partial charge in [-0.1, -0.05) is 12.1 Å². The van der Waals surface area contributed by atoms with Crippen molar-refractivity contribution in [2.45, 2.75) is 56.3 Å². The van der Waals surface area contributed by atoms with Crippen LogP contribution in [0.25, 0.3) is 0 Å². The van der Waals surface area contributed by atoms with Crippen LogP contribution in [0, 0.1) is 29.1 Å². The smallest absolute Gasteiger partial charge is 0.311 e. The predicted octanol–water partition coefficient (Wildman–Crippen LogP) is 3.18. The van der Waals surface area contributed by atoms with Crippen LogP contribution in [-0.4, -0.2) is 50.6 Å². The van der Waals surface area contributed by atoms with Crippen LogP contribution < -0.4 is 0 Å². The standard InChI is InChI=1S/C25H30N2O5S/c28-22(25-11-16-8-17(12-25)10-18(9-16)13-25)15-32-24(29)19-4-3-7-27(14-19)23-20-5-1-2-6-21(20)33(30,31)26-23/h1-2,5-6,16-19H,3-4,7-15H2/t16?,17?,18?,19-,25?/m0/s1. The zero-order chi connectivity index (χ0) is 22.8. The van der Waals surface area contributed by atoms with Gasteiger partial charge in [0.05, 0.1) is 5.92 Å². The van der Waals surface area contributed by atoms with E-state index in [0.29, 0.717) is 48.7 Å². The van der Waals surface area contributed by atoms with Crippen molar-refractivity contribution in [1.29, 1.82) is 0 Å². The van der Waals surface area contributed by atoms with Crippen molar-refractivity contribution in [3.8, 4) is 0 Å². The van der Waals surface area contributed by atoms with Crippen molar-refractivity contribution in [3.63, 3.8) is 0 Å². The lowest BCUT2D eigenvalue weighted by atomic mass is 9.48. The molecule has 5 fully saturated rings. The van der Waals surface area contributed by atoms with E-state index in [1.807, 2.05) is 4.90 Å². The van der Waals surface area contributed by atoms with Gasteiger partial charge in [-0.25, -0.2) is 0 Å². The van der Waals surface area contributed by atoms with E-state index in [9.17, 15) is 18.0 Å². The molecule has 1 aromatic carbocycles. The van der Waals surface area contributed by atoms with E-state index in [1.54, 1.807) is 24.3 Å². The van der Waals surface area contributed by atoms with Gasteiger partial charge in [0.15, 0.2) is 18.2 Å². The summed E-state index contributed by atoms with van der Waals surface area (Å²) in [6.07, 6.45) is 8.14. The van der Waals surface area contributed by atoms with E-state index in [0.717, 1.165) is 25.7 Å². The first-order chi connectivity index (χ1) is 15.8. The van der Waals surface area contributed by atoms with Gasteiger partial charge >= 0.3 is 5.97 Å². The van der Waals surface area contributed by atoms with Gasteiger partial charge in [0, 0.05) is 24.1 Å². The highest BCUT2D eigenvalue weighted by molar-refractivity contribution is 7.90. The average Bonchev–Trinajstić information content (AvgIpc) is 3.07. The maximum Gasteiger partial charge on any atom is 0.311 e. The van der Waals surface area contributed by atoms with Crippen LogP contribution in [0.4, 0.5) is 0 Å². The number of rotatable bonds is 4. The van der Waals surface area contributed by atoms with E-state index < -0.39 is 10.0 Å². The highest BCUT2D eigenvalue weighted by Crippen LogP contribution is 2.60. The van der Waals surface area contributed by atoms with Crippen molar-refractivity contribution >= 4 is 27.6 Å². The molecule has 4 aliphatic carbocycles. The molecule has 2 aliphatic heterocycles. The first kappa shape index (κ1) is 21.3. The zero-order valence-corrected chi connectivity index (χ0v) is 19.6. The molecule has 0 unspecified atom stereocenters. The number of ketones is 1. The van der Waals surface area contributed by atoms with Crippen molar-refractivity contribution in [1.82, 2.24) is 4.90 Å². The summed E-state index contributed by atoms with van der Waals surface area (Å²) in [6, 6.07) is 6.80. The highest BCUT2D eigenvalue weighted by atomic mass is 32.2. The van der Waals surface area contributed by atoms with Crippen LogP contribution in [0.3, 0.4) is 0 Å². The molecular formula is C25H30N2O5S. The molecule has 1 saturated heterocycles. The fourth-order valence-electron chi connectivity index (χ4n) is 7.54. The zero-order valence-electron chi connectivity index (χ0n) is 18.7. The van der Waals surface area contributed by atoms with Crippen LogP contribution in [0.5, 0.6) is 0 Å². The molecule has 176 valence electrons. The van der Waals surface area contributed by atoms with Crippen molar-refractivity contribution in [2.75, 3.05) is 19.7 Å². The second-order valence-electron chi connectivity index (χ2n) is 10.9. The Hall–Kier alpha value is -2.22. The molecular weight excluding hydrogens is 440 g/mol. The molecule has 1 aromatic rings. The minimum Gasteiger partial charge on any atom is -0.457 e. The number of sulfonamides is 1.